The van der Waals surface area contributed by atoms with Crippen LogP contribution in [-0.2, 0) is 13.1 Å². The Bertz CT molecular complexity index is 1330. The second-order valence-corrected chi connectivity index (χ2v) is 6.91. The number of imidazole rings is 2. The van der Waals surface area contributed by atoms with Gasteiger partial charge in [-0.1, -0.05) is 30.3 Å². The van der Waals surface area contributed by atoms with Gasteiger partial charge in [0.2, 0.25) is 0 Å². The smallest absolute Gasteiger partial charge is 0.327 e. The normalized spacial score (nSPS) is 12.2. The van der Waals surface area contributed by atoms with Gasteiger partial charge in [-0.2, -0.15) is 0 Å². The SMILES string of the molecule is O=c1[nH]c2c(n1Cc1cccc(F)c1)NC=Nc1c-2ncn1Cc1ccccc1F. The molecule has 0 spiro atoms. The highest BCUT2D eigenvalue weighted by Crippen LogP contribution is 2.34. The Balaban J connectivity index is 1.55. The third-order valence-corrected chi connectivity index (χ3v) is 4.95. The van der Waals surface area contributed by atoms with E-state index in [4.69, 9.17) is 0 Å². The van der Waals surface area contributed by atoms with Gasteiger partial charge in [-0.3, -0.25) is 4.57 Å². The van der Waals surface area contributed by atoms with Crippen molar-refractivity contribution in [1.29, 1.82) is 0 Å². The van der Waals surface area contributed by atoms with Crippen LogP contribution in [0, 0.1) is 11.6 Å². The quantitative estimate of drug-likeness (QED) is 0.544. The van der Waals surface area contributed by atoms with Gasteiger partial charge in [-0.15, -0.1) is 0 Å². The number of aliphatic imine (C=N–C) groups is 1. The zero-order valence-corrected chi connectivity index (χ0v) is 15.6. The average Bonchev–Trinajstić information content (AvgIpc) is 3.19. The van der Waals surface area contributed by atoms with Crippen LogP contribution in [0.1, 0.15) is 11.1 Å². The summed E-state index contributed by atoms with van der Waals surface area (Å²) < 4.78 is 30.8. The van der Waals surface area contributed by atoms with Crippen LogP contribution in [0.15, 0.2) is 64.6 Å². The molecule has 0 amide bonds. The summed E-state index contributed by atoms with van der Waals surface area (Å²) in [5.74, 6) is 0.281. The van der Waals surface area contributed by atoms with E-state index in [1.165, 1.54) is 29.1 Å². The number of fused-ring (bicyclic) bond motifs is 3. The second-order valence-electron chi connectivity index (χ2n) is 6.91. The average molecular weight is 406 g/mol. The van der Waals surface area contributed by atoms with E-state index in [2.05, 4.69) is 20.3 Å². The first kappa shape index (κ1) is 18.0. The van der Waals surface area contributed by atoms with Gasteiger partial charge in [0.15, 0.2) is 5.82 Å². The molecule has 1 aliphatic rings. The summed E-state index contributed by atoms with van der Waals surface area (Å²) in [6.07, 6.45) is 3.02. The molecule has 9 heteroatoms. The van der Waals surface area contributed by atoms with E-state index in [0.717, 1.165) is 0 Å². The second kappa shape index (κ2) is 7.11. The fraction of sp³-hybridized carbons (Fsp3) is 0.0952. The van der Waals surface area contributed by atoms with Gasteiger partial charge in [-0.25, -0.2) is 23.6 Å². The Labute approximate surface area is 169 Å². The monoisotopic (exact) mass is 406 g/mol. The number of anilines is 1. The minimum atomic E-state index is -0.370. The lowest BCUT2D eigenvalue weighted by Crippen LogP contribution is -2.19. The van der Waals surface area contributed by atoms with Gasteiger partial charge in [0.25, 0.3) is 0 Å². The number of hydrogen-bond donors (Lipinski definition) is 2. The van der Waals surface area contributed by atoms with E-state index in [1.54, 1.807) is 41.2 Å². The molecule has 3 heterocycles. The van der Waals surface area contributed by atoms with Crippen molar-refractivity contribution in [2.24, 2.45) is 4.99 Å². The molecule has 5 rings (SSSR count). The van der Waals surface area contributed by atoms with Gasteiger partial charge < -0.3 is 14.9 Å². The molecule has 30 heavy (non-hydrogen) atoms. The zero-order valence-electron chi connectivity index (χ0n) is 15.6. The summed E-state index contributed by atoms with van der Waals surface area (Å²) in [6.45, 7) is 0.421. The number of benzene rings is 2. The van der Waals surface area contributed by atoms with Crippen molar-refractivity contribution < 1.29 is 8.78 Å². The van der Waals surface area contributed by atoms with Crippen molar-refractivity contribution in [2.75, 3.05) is 5.32 Å². The molecular weight excluding hydrogens is 390 g/mol. The topological polar surface area (TPSA) is 80.0 Å². The first-order chi connectivity index (χ1) is 14.6. The van der Waals surface area contributed by atoms with Gasteiger partial charge in [-0.05, 0) is 23.8 Å². The first-order valence-corrected chi connectivity index (χ1v) is 9.25. The van der Waals surface area contributed by atoms with E-state index in [-0.39, 0.29) is 30.4 Å². The van der Waals surface area contributed by atoms with Crippen molar-refractivity contribution in [3.8, 4) is 11.4 Å². The Morgan fingerprint density at radius 3 is 2.73 bits per heavy atom. The van der Waals surface area contributed by atoms with Crippen molar-refractivity contribution >= 4 is 18.0 Å². The Morgan fingerprint density at radius 2 is 1.90 bits per heavy atom. The maximum atomic E-state index is 14.1. The lowest BCUT2D eigenvalue weighted by atomic mass is 10.2. The highest BCUT2D eigenvalue weighted by atomic mass is 19.1. The molecule has 4 aromatic rings. The summed E-state index contributed by atoms with van der Waals surface area (Å²) in [6, 6.07) is 12.6. The number of nitrogens with one attached hydrogen (secondary N) is 2. The molecule has 0 unspecified atom stereocenters. The van der Waals surface area contributed by atoms with Crippen LogP contribution in [0.5, 0.6) is 0 Å². The number of H-pyrrole nitrogens is 1. The van der Waals surface area contributed by atoms with E-state index in [9.17, 15) is 13.6 Å². The number of aromatic amines is 1. The Morgan fingerprint density at radius 1 is 1.03 bits per heavy atom. The molecule has 150 valence electrons. The number of rotatable bonds is 4. The van der Waals surface area contributed by atoms with Crippen molar-refractivity contribution in [3.05, 3.63) is 88.1 Å². The number of halogens is 2. The number of hydrogen-bond acceptors (Lipinski definition) is 4. The molecule has 2 N–H and O–H groups in total. The first-order valence-electron chi connectivity index (χ1n) is 9.25. The molecule has 7 nitrogen and oxygen atoms in total. The molecule has 0 fully saturated rings. The largest absolute Gasteiger partial charge is 0.330 e. The minimum Gasteiger partial charge on any atom is -0.330 e. The van der Waals surface area contributed by atoms with Crippen LogP contribution in [0.2, 0.25) is 0 Å². The lowest BCUT2D eigenvalue weighted by molar-refractivity contribution is 0.600. The molecule has 0 saturated heterocycles. The molecule has 0 atom stereocenters. The van der Waals surface area contributed by atoms with E-state index >= 15 is 0 Å². The van der Waals surface area contributed by atoms with Crippen LogP contribution in [0.4, 0.5) is 20.4 Å². The van der Waals surface area contributed by atoms with Gasteiger partial charge in [0.1, 0.15) is 28.8 Å². The molecule has 1 aliphatic heterocycles. The third kappa shape index (κ3) is 3.10. The minimum absolute atomic E-state index is 0.175. The van der Waals surface area contributed by atoms with Crippen molar-refractivity contribution in [3.63, 3.8) is 0 Å². The summed E-state index contributed by atoms with van der Waals surface area (Å²) >= 11 is 0. The third-order valence-electron chi connectivity index (χ3n) is 4.95. The van der Waals surface area contributed by atoms with Crippen molar-refractivity contribution in [1.82, 2.24) is 19.1 Å². The maximum Gasteiger partial charge on any atom is 0.327 e. The molecule has 0 aliphatic carbocycles. The standard InChI is InChI=1S/C21H16F2N6O/c22-15-6-3-4-13(8-15)9-29-20-18(27-21(29)30)17-19(24-11-25-20)28(12-26-17)10-14-5-1-2-7-16(14)23/h1-8,11-12H,9-10H2,(H,24,25)(H,27,30). The molecule has 0 radical (unpaired) electrons. The molecule has 2 aromatic carbocycles. The van der Waals surface area contributed by atoms with Crippen LogP contribution in [-0.4, -0.2) is 25.4 Å². The zero-order chi connectivity index (χ0) is 20.7. The lowest BCUT2D eigenvalue weighted by Gasteiger charge is -2.07. The van der Waals surface area contributed by atoms with Gasteiger partial charge in [0, 0.05) is 5.56 Å². The Kier molecular flexibility index (Phi) is 4.27. The van der Waals surface area contributed by atoms with E-state index in [0.29, 0.717) is 34.2 Å². The highest BCUT2D eigenvalue weighted by Gasteiger charge is 2.24. The molecule has 0 saturated carbocycles. The van der Waals surface area contributed by atoms with Crippen LogP contribution >= 0.6 is 0 Å². The van der Waals surface area contributed by atoms with E-state index < -0.39 is 0 Å². The van der Waals surface area contributed by atoms with Crippen molar-refractivity contribution in [2.45, 2.75) is 13.1 Å². The number of aromatic nitrogens is 4. The summed E-state index contributed by atoms with van der Waals surface area (Å²) in [5, 5.41) is 3.00. The predicted molar refractivity (Wildman–Crippen MR) is 109 cm³/mol. The van der Waals surface area contributed by atoms with Gasteiger partial charge in [0.05, 0.1) is 25.8 Å². The van der Waals surface area contributed by atoms with Crippen LogP contribution in [0.3, 0.4) is 0 Å². The fourth-order valence-electron chi connectivity index (χ4n) is 3.53. The van der Waals surface area contributed by atoms with Crippen LogP contribution in [0.25, 0.3) is 11.4 Å². The molecule has 2 aromatic heterocycles. The maximum absolute atomic E-state index is 14.1. The van der Waals surface area contributed by atoms with Crippen LogP contribution < -0.4 is 11.0 Å². The Hall–Kier alpha value is -4.01. The fourth-order valence-corrected chi connectivity index (χ4v) is 3.53. The molecule has 0 bridgehead atoms. The summed E-state index contributed by atoms with van der Waals surface area (Å²) in [7, 11) is 0. The van der Waals surface area contributed by atoms with E-state index in [1.807, 2.05) is 0 Å². The number of nitrogens with zero attached hydrogens (tertiary/aromatic N) is 4. The summed E-state index contributed by atoms with van der Waals surface area (Å²) in [4.78, 5) is 24.2. The molecular formula is C21H16F2N6O. The highest BCUT2D eigenvalue weighted by molar-refractivity contribution is 5.90. The van der Waals surface area contributed by atoms with Gasteiger partial charge >= 0.3 is 5.69 Å². The predicted octanol–water partition coefficient (Wildman–Crippen LogP) is 3.50. The summed E-state index contributed by atoms with van der Waals surface area (Å²) in [5.41, 5.74) is 1.73.